The van der Waals surface area contributed by atoms with Gasteiger partial charge in [0.15, 0.2) is 0 Å². The molecule has 5 nitrogen and oxygen atoms in total. The fourth-order valence-corrected chi connectivity index (χ4v) is 2.64. The predicted molar refractivity (Wildman–Crippen MR) is 93.6 cm³/mol. The van der Waals surface area contributed by atoms with Crippen molar-refractivity contribution in [2.75, 3.05) is 0 Å². The minimum absolute atomic E-state index is 0.0991. The van der Waals surface area contributed by atoms with Gasteiger partial charge >= 0.3 is 0 Å². The number of rotatable bonds is 3. The number of phenolic OH excluding ortho intramolecular Hbond substituents is 1. The normalized spacial score (nSPS) is 11.3. The highest BCUT2D eigenvalue weighted by Crippen LogP contribution is 2.32. The van der Waals surface area contributed by atoms with Gasteiger partial charge in [-0.25, -0.2) is 5.43 Å². The second kappa shape index (κ2) is 6.20. The molecule has 24 heavy (non-hydrogen) atoms. The van der Waals surface area contributed by atoms with Crippen LogP contribution in [0.4, 0.5) is 0 Å². The van der Waals surface area contributed by atoms with Crippen molar-refractivity contribution < 1.29 is 14.3 Å². The van der Waals surface area contributed by atoms with Crippen LogP contribution in [0, 0.1) is 20.8 Å². The average Bonchev–Trinajstić information content (AvgIpc) is 2.92. The van der Waals surface area contributed by atoms with Crippen LogP contribution >= 0.6 is 0 Å². The Kier molecular flexibility index (Phi) is 4.08. The molecule has 0 saturated heterocycles. The van der Waals surface area contributed by atoms with E-state index in [1.165, 1.54) is 11.6 Å². The number of benzene rings is 2. The lowest BCUT2D eigenvalue weighted by Crippen LogP contribution is -2.17. The number of phenols is 1. The maximum Gasteiger partial charge on any atom is 0.275 e. The number of aromatic hydroxyl groups is 1. The highest BCUT2D eigenvalue weighted by atomic mass is 16.3. The Balaban J connectivity index is 1.81. The number of carbonyl (C=O) groups excluding carboxylic acids is 1. The minimum Gasteiger partial charge on any atom is -0.506 e. The van der Waals surface area contributed by atoms with Crippen LogP contribution in [0.1, 0.15) is 32.6 Å². The van der Waals surface area contributed by atoms with Gasteiger partial charge in [-0.05, 0) is 49.6 Å². The number of carbonyl (C=O) groups is 1. The van der Waals surface area contributed by atoms with E-state index in [1.807, 2.05) is 39.0 Å². The zero-order chi connectivity index (χ0) is 17.3. The lowest BCUT2D eigenvalue weighted by atomic mass is 10.1. The summed E-state index contributed by atoms with van der Waals surface area (Å²) in [5.41, 5.74) is 7.09. The lowest BCUT2D eigenvalue weighted by molar-refractivity contribution is 0.0952. The SMILES string of the molecule is Cc1ccc(/C=N/NC(=O)c2ccc3occ(C)c3c2O)c(C)c1. The van der Waals surface area contributed by atoms with Gasteiger partial charge in [0.1, 0.15) is 11.3 Å². The number of aryl methyl sites for hydroxylation is 3. The zero-order valence-electron chi connectivity index (χ0n) is 13.8. The molecule has 0 bridgehead atoms. The van der Waals surface area contributed by atoms with Crippen LogP contribution in [0.3, 0.4) is 0 Å². The Labute approximate surface area is 139 Å². The molecule has 0 aliphatic heterocycles. The van der Waals surface area contributed by atoms with Crippen molar-refractivity contribution in [3.05, 3.63) is 64.4 Å². The number of nitrogens with one attached hydrogen (secondary N) is 1. The molecule has 0 unspecified atom stereocenters. The average molecular weight is 322 g/mol. The van der Waals surface area contributed by atoms with Crippen molar-refractivity contribution in [3.63, 3.8) is 0 Å². The molecule has 122 valence electrons. The summed E-state index contributed by atoms with van der Waals surface area (Å²) >= 11 is 0. The number of hydrazone groups is 1. The van der Waals surface area contributed by atoms with Crippen molar-refractivity contribution in [2.45, 2.75) is 20.8 Å². The van der Waals surface area contributed by atoms with E-state index in [2.05, 4.69) is 10.5 Å². The largest absolute Gasteiger partial charge is 0.506 e. The first-order chi connectivity index (χ1) is 11.5. The minimum atomic E-state index is -0.476. The van der Waals surface area contributed by atoms with Crippen molar-refractivity contribution in [3.8, 4) is 5.75 Å². The summed E-state index contributed by atoms with van der Waals surface area (Å²) in [6, 6.07) is 9.15. The molecular formula is C19H18N2O3. The molecule has 1 aromatic heterocycles. The van der Waals surface area contributed by atoms with E-state index in [0.717, 1.165) is 16.7 Å². The van der Waals surface area contributed by atoms with Gasteiger partial charge in [-0.2, -0.15) is 5.10 Å². The molecule has 1 heterocycles. The van der Waals surface area contributed by atoms with Crippen LogP contribution in [0.15, 0.2) is 46.1 Å². The van der Waals surface area contributed by atoms with Gasteiger partial charge in [0.2, 0.25) is 0 Å². The number of hydrogen-bond acceptors (Lipinski definition) is 4. The molecule has 0 aliphatic carbocycles. The first-order valence-electron chi connectivity index (χ1n) is 7.58. The fraction of sp³-hybridized carbons (Fsp3) is 0.158. The fourth-order valence-electron chi connectivity index (χ4n) is 2.64. The van der Waals surface area contributed by atoms with Gasteiger partial charge in [0, 0.05) is 0 Å². The first-order valence-corrected chi connectivity index (χ1v) is 7.58. The van der Waals surface area contributed by atoms with Crippen LogP contribution in [-0.4, -0.2) is 17.2 Å². The zero-order valence-corrected chi connectivity index (χ0v) is 13.8. The van der Waals surface area contributed by atoms with Crippen LogP contribution in [0.2, 0.25) is 0 Å². The van der Waals surface area contributed by atoms with Gasteiger partial charge in [-0.1, -0.05) is 23.8 Å². The summed E-state index contributed by atoms with van der Waals surface area (Å²) in [4.78, 5) is 12.3. The third-order valence-electron chi connectivity index (χ3n) is 3.94. The van der Waals surface area contributed by atoms with Gasteiger partial charge in [-0.15, -0.1) is 0 Å². The molecule has 2 aromatic carbocycles. The number of hydrogen-bond donors (Lipinski definition) is 2. The molecular weight excluding hydrogens is 304 g/mol. The Morgan fingerprint density at radius 1 is 1.17 bits per heavy atom. The van der Waals surface area contributed by atoms with Crippen LogP contribution in [0.25, 0.3) is 11.0 Å². The van der Waals surface area contributed by atoms with Gasteiger partial charge < -0.3 is 9.52 Å². The molecule has 0 fully saturated rings. The topological polar surface area (TPSA) is 74.8 Å². The van der Waals surface area contributed by atoms with E-state index in [4.69, 9.17) is 4.42 Å². The molecule has 3 aromatic rings. The molecule has 0 radical (unpaired) electrons. The predicted octanol–water partition coefficient (Wildman–Crippen LogP) is 3.83. The summed E-state index contributed by atoms with van der Waals surface area (Å²) in [7, 11) is 0. The lowest BCUT2D eigenvalue weighted by Gasteiger charge is -2.05. The number of fused-ring (bicyclic) bond motifs is 1. The molecule has 1 amide bonds. The van der Waals surface area contributed by atoms with Crippen LogP contribution < -0.4 is 5.43 Å². The Morgan fingerprint density at radius 3 is 2.71 bits per heavy atom. The maximum atomic E-state index is 12.3. The van der Waals surface area contributed by atoms with E-state index in [-0.39, 0.29) is 11.3 Å². The standard InChI is InChI=1S/C19H18N2O3/c1-11-4-5-14(12(2)8-11)9-20-21-19(23)15-6-7-16-17(18(15)22)13(3)10-24-16/h4-10,22H,1-3H3,(H,21,23)/b20-9+. The Morgan fingerprint density at radius 2 is 1.96 bits per heavy atom. The van der Waals surface area contributed by atoms with Gasteiger partial charge in [0.25, 0.3) is 5.91 Å². The van der Waals surface area contributed by atoms with E-state index in [1.54, 1.807) is 18.5 Å². The quantitative estimate of drug-likeness (QED) is 0.568. The third-order valence-corrected chi connectivity index (χ3v) is 3.94. The molecule has 2 N–H and O–H groups in total. The monoisotopic (exact) mass is 322 g/mol. The number of amides is 1. The maximum absolute atomic E-state index is 12.3. The van der Waals surface area contributed by atoms with E-state index < -0.39 is 5.91 Å². The van der Waals surface area contributed by atoms with E-state index in [9.17, 15) is 9.90 Å². The van der Waals surface area contributed by atoms with Gasteiger partial charge in [0.05, 0.1) is 23.4 Å². The Hall–Kier alpha value is -3.08. The molecule has 3 rings (SSSR count). The van der Waals surface area contributed by atoms with Crippen molar-refractivity contribution in [1.82, 2.24) is 5.43 Å². The van der Waals surface area contributed by atoms with Crippen molar-refractivity contribution >= 4 is 23.1 Å². The summed E-state index contributed by atoms with van der Waals surface area (Å²) in [5.74, 6) is -0.575. The molecule has 0 aliphatic rings. The molecule has 5 heteroatoms. The molecule has 0 spiro atoms. The second-order valence-electron chi connectivity index (χ2n) is 5.81. The van der Waals surface area contributed by atoms with Crippen molar-refractivity contribution in [2.24, 2.45) is 5.10 Å². The second-order valence-corrected chi connectivity index (χ2v) is 5.81. The summed E-state index contributed by atoms with van der Waals surface area (Å²) in [6.07, 6.45) is 3.13. The van der Waals surface area contributed by atoms with E-state index >= 15 is 0 Å². The molecule has 0 saturated carbocycles. The van der Waals surface area contributed by atoms with Crippen molar-refractivity contribution in [1.29, 1.82) is 0 Å². The summed E-state index contributed by atoms with van der Waals surface area (Å²) in [6.45, 7) is 5.82. The van der Waals surface area contributed by atoms with E-state index in [0.29, 0.717) is 11.0 Å². The smallest absolute Gasteiger partial charge is 0.275 e. The first kappa shape index (κ1) is 15.8. The van der Waals surface area contributed by atoms with Gasteiger partial charge in [-0.3, -0.25) is 4.79 Å². The van der Waals surface area contributed by atoms with Crippen LogP contribution in [-0.2, 0) is 0 Å². The number of furan rings is 1. The highest BCUT2D eigenvalue weighted by Gasteiger charge is 2.16. The Bertz CT molecular complexity index is 955. The summed E-state index contributed by atoms with van der Waals surface area (Å²) < 4.78 is 5.30. The third kappa shape index (κ3) is 2.88. The highest BCUT2D eigenvalue weighted by molar-refractivity contribution is 6.03. The van der Waals surface area contributed by atoms with Crippen LogP contribution in [0.5, 0.6) is 5.75 Å². The number of nitrogens with zero attached hydrogens (tertiary/aromatic N) is 1. The molecule has 0 atom stereocenters. The summed E-state index contributed by atoms with van der Waals surface area (Å²) in [5, 5.41) is 14.8.